The molecule has 1 fully saturated rings. The van der Waals surface area contributed by atoms with Crippen molar-refractivity contribution < 1.29 is 19.1 Å². The lowest BCUT2D eigenvalue weighted by molar-refractivity contribution is -0.123. The molecule has 9 heteroatoms. The van der Waals surface area contributed by atoms with Crippen LogP contribution in [0.3, 0.4) is 0 Å². The standard InChI is InChI=1S/C27H23ClN2O4S2/c1-17(19-9-5-3-6-10-19)30-26(32)23(36-27(30)35)15-18-13-21(28)25(22(14-18)33-2)34-16-24(31)29-20-11-7-4-8-12-20/h3-15,17H,16H2,1-2H3,(H,29,31)/b23-15-/t17-/m0/s1. The van der Waals surface area contributed by atoms with E-state index in [-0.39, 0.29) is 35.2 Å². The van der Waals surface area contributed by atoms with Crippen LogP contribution in [0.2, 0.25) is 5.02 Å². The largest absolute Gasteiger partial charge is 0.493 e. The zero-order valence-electron chi connectivity index (χ0n) is 19.6. The van der Waals surface area contributed by atoms with Gasteiger partial charge in [-0.3, -0.25) is 14.5 Å². The Morgan fingerprint density at radius 2 is 1.81 bits per heavy atom. The summed E-state index contributed by atoms with van der Waals surface area (Å²) in [5.74, 6) is 0.0770. The summed E-state index contributed by atoms with van der Waals surface area (Å²) in [6.45, 7) is 1.70. The molecule has 0 radical (unpaired) electrons. The van der Waals surface area contributed by atoms with Gasteiger partial charge in [0.1, 0.15) is 4.32 Å². The zero-order valence-corrected chi connectivity index (χ0v) is 22.0. The number of nitrogens with zero attached hydrogens (tertiary/aromatic N) is 1. The van der Waals surface area contributed by atoms with E-state index in [0.717, 1.165) is 5.56 Å². The van der Waals surface area contributed by atoms with Gasteiger partial charge in [-0.05, 0) is 48.4 Å². The molecule has 0 unspecified atom stereocenters. The fourth-order valence-corrected chi connectivity index (χ4v) is 5.36. The smallest absolute Gasteiger partial charge is 0.266 e. The number of para-hydroxylation sites is 1. The highest BCUT2D eigenvalue weighted by Gasteiger charge is 2.36. The summed E-state index contributed by atoms with van der Waals surface area (Å²) < 4.78 is 11.6. The fraction of sp³-hybridized carbons (Fsp3) is 0.148. The van der Waals surface area contributed by atoms with Gasteiger partial charge in [0.05, 0.1) is 23.1 Å². The highest BCUT2D eigenvalue weighted by Crippen LogP contribution is 2.41. The maximum atomic E-state index is 13.2. The summed E-state index contributed by atoms with van der Waals surface area (Å²) in [6, 6.07) is 22.0. The van der Waals surface area contributed by atoms with E-state index < -0.39 is 0 Å². The van der Waals surface area contributed by atoms with Gasteiger partial charge in [0, 0.05) is 5.69 Å². The van der Waals surface area contributed by atoms with E-state index in [4.69, 9.17) is 33.3 Å². The van der Waals surface area contributed by atoms with Crippen LogP contribution in [-0.4, -0.2) is 34.8 Å². The van der Waals surface area contributed by atoms with Crippen molar-refractivity contribution in [2.24, 2.45) is 0 Å². The normalized spacial score (nSPS) is 15.2. The minimum Gasteiger partial charge on any atom is -0.493 e. The second-order valence-corrected chi connectivity index (χ2v) is 9.96. The minimum atomic E-state index is -0.334. The number of carbonyl (C=O) groups is 2. The van der Waals surface area contributed by atoms with E-state index in [0.29, 0.717) is 26.2 Å². The molecular formula is C27H23ClN2O4S2. The Labute approximate surface area is 224 Å². The lowest BCUT2D eigenvalue weighted by atomic mass is 10.1. The SMILES string of the molecule is COc1cc(/C=C2\SC(=S)N([C@@H](C)c3ccccc3)C2=O)cc(Cl)c1OCC(=O)Nc1ccccc1. The number of methoxy groups -OCH3 is 1. The second-order valence-electron chi connectivity index (χ2n) is 7.88. The number of amides is 2. The third kappa shape index (κ3) is 5.90. The molecule has 184 valence electrons. The molecule has 0 aliphatic carbocycles. The van der Waals surface area contributed by atoms with Gasteiger partial charge >= 0.3 is 0 Å². The summed E-state index contributed by atoms with van der Waals surface area (Å²) in [5.41, 5.74) is 2.31. The van der Waals surface area contributed by atoms with Gasteiger partial charge in [-0.15, -0.1) is 0 Å². The van der Waals surface area contributed by atoms with E-state index in [1.165, 1.54) is 18.9 Å². The predicted octanol–water partition coefficient (Wildman–Crippen LogP) is 6.33. The number of thiocarbonyl (C=S) groups is 1. The minimum absolute atomic E-state index is 0.172. The van der Waals surface area contributed by atoms with Crippen molar-refractivity contribution >= 4 is 63.5 Å². The van der Waals surface area contributed by atoms with Crippen LogP contribution in [0.15, 0.2) is 77.7 Å². The number of thioether (sulfide) groups is 1. The summed E-state index contributed by atoms with van der Waals surface area (Å²) >= 11 is 13.2. The van der Waals surface area contributed by atoms with Crippen LogP contribution >= 0.6 is 35.6 Å². The molecule has 1 aliphatic heterocycles. The van der Waals surface area contributed by atoms with E-state index in [2.05, 4.69) is 5.32 Å². The van der Waals surface area contributed by atoms with Crippen molar-refractivity contribution in [2.75, 3.05) is 19.0 Å². The molecule has 2 amide bonds. The highest BCUT2D eigenvalue weighted by atomic mass is 35.5. The average molecular weight is 539 g/mol. The van der Waals surface area contributed by atoms with Gasteiger partial charge in [-0.25, -0.2) is 0 Å². The van der Waals surface area contributed by atoms with Gasteiger partial charge in [0.15, 0.2) is 18.1 Å². The molecule has 3 aromatic rings. The number of ether oxygens (including phenoxy) is 2. The molecular weight excluding hydrogens is 516 g/mol. The summed E-state index contributed by atoms with van der Waals surface area (Å²) in [6.07, 6.45) is 1.72. The van der Waals surface area contributed by atoms with Crippen molar-refractivity contribution in [3.05, 3.63) is 93.9 Å². The number of benzene rings is 3. The molecule has 0 saturated carbocycles. The van der Waals surface area contributed by atoms with Crippen LogP contribution < -0.4 is 14.8 Å². The first-order valence-corrected chi connectivity index (χ1v) is 12.6. The van der Waals surface area contributed by atoms with Gasteiger partial charge < -0.3 is 14.8 Å². The maximum Gasteiger partial charge on any atom is 0.266 e. The Hall–Kier alpha value is -3.33. The monoisotopic (exact) mass is 538 g/mol. The topological polar surface area (TPSA) is 67.9 Å². The lowest BCUT2D eigenvalue weighted by Gasteiger charge is -2.23. The van der Waals surface area contributed by atoms with Crippen LogP contribution in [0.5, 0.6) is 11.5 Å². The number of hydrogen-bond donors (Lipinski definition) is 1. The van der Waals surface area contributed by atoms with Gasteiger partial charge in [0.2, 0.25) is 0 Å². The van der Waals surface area contributed by atoms with Crippen LogP contribution in [0.1, 0.15) is 24.1 Å². The van der Waals surface area contributed by atoms with Crippen LogP contribution in [0.25, 0.3) is 6.08 Å². The molecule has 3 aromatic carbocycles. The fourth-order valence-electron chi connectivity index (χ4n) is 3.67. The van der Waals surface area contributed by atoms with Gasteiger partial charge in [-0.2, -0.15) is 0 Å². The van der Waals surface area contributed by atoms with Gasteiger partial charge in [-0.1, -0.05) is 84.1 Å². The number of halogens is 1. The molecule has 1 heterocycles. The van der Waals surface area contributed by atoms with E-state index in [1.807, 2.05) is 55.5 Å². The first kappa shape index (κ1) is 25.8. The molecule has 4 rings (SSSR count). The van der Waals surface area contributed by atoms with Crippen LogP contribution in [0, 0.1) is 0 Å². The molecule has 1 saturated heterocycles. The van der Waals surface area contributed by atoms with Crippen molar-refractivity contribution in [1.82, 2.24) is 4.90 Å². The maximum absolute atomic E-state index is 13.2. The van der Waals surface area contributed by atoms with Crippen molar-refractivity contribution in [3.63, 3.8) is 0 Å². The molecule has 0 spiro atoms. The van der Waals surface area contributed by atoms with Crippen LogP contribution in [0.4, 0.5) is 5.69 Å². The van der Waals surface area contributed by atoms with Crippen LogP contribution in [-0.2, 0) is 9.59 Å². The molecule has 1 aliphatic rings. The summed E-state index contributed by atoms with van der Waals surface area (Å²) in [4.78, 5) is 27.5. The molecule has 0 bridgehead atoms. The van der Waals surface area contributed by atoms with Crippen molar-refractivity contribution in [2.45, 2.75) is 13.0 Å². The van der Waals surface area contributed by atoms with Crippen molar-refractivity contribution in [1.29, 1.82) is 0 Å². The average Bonchev–Trinajstić information content (AvgIpc) is 3.16. The Morgan fingerprint density at radius 3 is 2.47 bits per heavy atom. The Kier molecular flexibility index (Phi) is 8.30. The molecule has 0 aromatic heterocycles. The Bertz CT molecular complexity index is 1320. The number of rotatable bonds is 8. The first-order chi connectivity index (χ1) is 17.4. The Morgan fingerprint density at radius 1 is 1.14 bits per heavy atom. The zero-order chi connectivity index (χ0) is 25.7. The second kappa shape index (κ2) is 11.6. The predicted molar refractivity (Wildman–Crippen MR) is 148 cm³/mol. The first-order valence-electron chi connectivity index (χ1n) is 11.0. The number of carbonyl (C=O) groups excluding carboxylic acids is 2. The molecule has 1 N–H and O–H groups in total. The number of nitrogens with one attached hydrogen (secondary N) is 1. The summed E-state index contributed by atoms with van der Waals surface area (Å²) in [5, 5.41) is 3.00. The van der Waals surface area contributed by atoms with E-state index in [1.54, 1.807) is 35.2 Å². The summed E-state index contributed by atoms with van der Waals surface area (Å²) in [7, 11) is 1.48. The quantitative estimate of drug-likeness (QED) is 0.267. The third-order valence-electron chi connectivity index (χ3n) is 5.45. The molecule has 1 atom stereocenters. The number of hydrogen-bond acceptors (Lipinski definition) is 6. The Balaban J connectivity index is 1.49. The molecule has 6 nitrogen and oxygen atoms in total. The molecule has 36 heavy (non-hydrogen) atoms. The van der Waals surface area contributed by atoms with E-state index in [9.17, 15) is 9.59 Å². The van der Waals surface area contributed by atoms with E-state index >= 15 is 0 Å². The lowest BCUT2D eigenvalue weighted by Crippen LogP contribution is -2.30. The number of anilines is 1. The third-order valence-corrected chi connectivity index (χ3v) is 7.06. The van der Waals surface area contributed by atoms with Gasteiger partial charge in [0.25, 0.3) is 11.8 Å². The highest BCUT2D eigenvalue weighted by molar-refractivity contribution is 8.26. The van der Waals surface area contributed by atoms with Crippen molar-refractivity contribution in [3.8, 4) is 11.5 Å².